The van der Waals surface area contributed by atoms with Gasteiger partial charge in [-0.1, -0.05) is 35.9 Å². The van der Waals surface area contributed by atoms with Crippen molar-refractivity contribution in [3.63, 3.8) is 0 Å². The van der Waals surface area contributed by atoms with Crippen LogP contribution in [0, 0.1) is 6.92 Å². The molecule has 0 aliphatic heterocycles. The predicted molar refractivity (Wildman–Crippen MR) is 106 cm³/mol. The average molecular weight is 407 g/mol. The standard InChI is InChI=1S/C22H29NO4.ClH/c1-5-26-21-13-17(9-12-20(21)25-4)15-23-19(14-22(24)27-6-2)18-10-7-16(3)8-11-18;/h7-13,19,23H,5-6,14-15H2,1-4H3;1H/p-1. The third kappa shape index (κ3) is 7.06. The van der Waals surface area contributed by atoms with Crippen molar-refractivity contribution in [3.8, 4) is 11.5 Å². The van der Waals surface area contributed by atoms with Crippen LogP contribution in [0.1, 0.15) is 43.0 Å². The highest BCUT2D eigenvalue weighted by Crippen LogP contribution is 2.28. The van der Waals surface area contributed by atoms with Crippen molar-refractivity contribution < 1.29 is 31.4 Å². The number of ether oxygens (including phenoxy) is 3. The molecule has 0 bridgehead atoms. The summed E-state index contributed by atoms with van der Waals surface area (Å²) in [6.07, 6.45) is 0.283. The molecule has 2 aromatic carbocycles. The van der Waals surface area contributed by atoms with Crippen LogP contribution in [-0.4, -0.2) is 26.3 Å². The van der Waals surface area contributed by atoms with Crippen molar-refractivity contribution in [2.75, 3.05) is 20.3 Å². The third-order valence-electron chi connectivity index (χ3n) is 4.24. The molecule has 28 heavy (non-hydrogen) atoms. The molecule has 2 aromatic rings. The van der Waals surface area contributed by atoms with E-state index in [1.54, 1.807) is 7.11 Å². The molecule has 0 aliphatic carbocycles. The summed E-state index contributed by atoms with van der Waals surface area (Å²) in [5, 5.41) is 3.47. The second-order valence-corrected chi connectivity index (χ2v) is 6.27. The molecule has 1 atom stereocenters. The van der Waals surface area contributed by atoms with E-state index in [1.807, 2.05) is 51.1 Å². The normalized spacial score (nSPS) is 11.3. The van der Waals surface area contributed by atoms with Gasteiger partial charge in [0.25, 0.3) is 0 Å². The van der Waals surface area contributed by atoms with E-state index in [1.165, 1.54) is 5.56 Å². The summed E-state index contributed by atoms with van der Waals surface area (Å²) in [7, 11) is 1.63. The van der Waals surface area contributed by atoms with E-state index in [2.05, 4.69) is 17.4 Å². The summed E-state index contributed by atoms with van der Waals surface area (Å²) in [6, 6.07) is 13.9. The zero-order valence-corrected chi connectivity index (χ0v) is 17.7. The summed E-state index contributed by atoms with van der Waals surface area (Å²) in [4.78, 5) is 12.0. The van der Waals surface area contributed by atoms with E-state index in [4.69, 9.17) is 14.2 Å². The lowest BCUT2D eigenvalue weighted by atomic mass is 10.0. The maximum absolute atomic E-state index is 12.0. The molecule has 0 radical (unpaired) electrons. The van der Waals surface area contributed by atoms with Crippen molar-refractivity contribution >= 4 is 5.97 Å². The SMILES string of the molecule is CCOC(=O)CC(NCc1ccc(OC)c(OCC)c1)c1ccc(C)cc1.[Cl-]. The maximum Gasteiger partial charge on any atom is 0.307 e. The minimum atomic E-state index is -0.208. The molecule has 6 heteroatoms. The lowest BCUT2D eigenvalue weighted by molar-refractivity contribution is -0.143. The van der Waals surface area contributed by atoms with Gasteiger partial charge in [-0.2, -0.15) is 0 Å². The van der Waals surface area contributed by atoms with E-state index in [0.717, 1.165) is 16.9 Å². The van der Waals surface area contributed by atoms with Gasteiger partial charge in [0.2, 0.25) is 0 Å². The van der Waals surface area contributed by atoms with Gasteiger partial charge in [-0.05, 0) is 44.0 Å². The Hall–Kier alpha value is -2.24. The van der Waals surface area contributed by atoms with Crippen molar-refractivity contribution in [1.29, 1.82) is 0 Å². The zero-order valence-electron chi connectivity index (χ0n) is 17.0. The monoisotopic (exact) mass is 406 g/mol. The minimum absolute atomic E-state index is 0. The summed E-state index contributed by atoms with van der Waals surface area (Å²) in [5.74, 6) is 1.22. The number of carbonyl (C=O) groups is 1. The van der Waals surface area contributed by atoms with E-state index in [0.29, 0.717) is 25.5 Å². The van der Waals surface area contributed by atoms with Gasteiger partial charge in [0, 0.05) is 12.6 Å². The van der Waals surface area contributed by atoms with Crippen molar-refractivity contribution in [3.05, 3.63) is 59.2 Å². The Bertz CT molecular complexity index is 734. The van der Waals surface area contributed by atoms with Gasteiger partial charge in [0.1, 0.15) is 0 Å². The second kappa shape index (κ2) is 12.3. The van der Waals surface area contributed by atoms with Gasteiger partial charge in [0.15, 0.2) is 11.5 Å². The number of carbonyl (C=O) groups excluding carboxylic acids is 1. The number of aryl methyl sites for hydroxylation is 1. The molecule has 0 fully saturated rings. The molecule has 1 unspecified atom stereocenters. The van der Waals surface area contributed by atoms with Crippen molar-refractivity contribution in [2.45, 2.75) is 39.8 Å². The number of halogens is 1. The van der Waals surface area contributed by atoms with Crippen LogP contribution in [0.3, 0.4) is 0 Å². The smallest absolute Gasteiger partial charge is 0.307 e. The molecule has 0 heterocycles. The molecule has 1 N–H and O–H groups in total. The summed E-state index contributed by atoms with van der Waals surface area (Å²) in [5.41, 5.74) is 3.30. The molecule has 0 saturated heterocycles. The first-order valence-electron chi connectivity index (χ1n) is 9.32. The predicted octanol–water partition coefficient (Wildman–Crippen LogP) is 1.19. The lowest BCUT2D eigenvalue weighted by Crippen LogP contribution is -3.00. The molecule has 5 nitrogen and oxygen atoms in total. The van der Waals surface area contributed by atoms with Crippen LogP contribution < -0.4 is 27.2 Å². The molecule has 0 aliphatic rings. The van der Waals surface area contributed by atoms with Crippen LogP contribution in [0.2, 0.25) is 0 Å². The van der Waals surface area contributed by atoms with E-state index in [-0.39, 0.29) is 30.8 Å². The number of esters is 1. The van der Waals surface area contributed by atoms with Crippen molar-refractivity contribution in [2.24, 2.45) is 0 Å². The molecule has 0 saturated carbocycles. The molecule has 0 spiro atoms. The van der Waals surface area contributed by atoms with E-state index >= 15 is 0 Å². The van der Waals surface area contributed by atoms with Crippen molar-refractivity contribution in [1.82, 2.24) is 5.32 Å². The molecular formula is C22H29ClNO4-. The average Bonchev–Trinajstić information content (AvgIpc) is 2.66. The highest BCUT2D eigenvalue weighted by molar-refractivity contribution is 5.70. The minimum Gasteiger partial charge on any atom is -1.00 e. The Morgan fingerprint density at radius 2 is 1.75 bits per heavy atom. The zero-order chi connectivity index (χ0) is 19.6. The Morgan fingerprint density at radius 1 is 1.04 bits per heavy atom. The topological polar surface area (TPSA) is 56.8 Å². The van der Waals surface area contributed by atoms with Gasteiger partial charge < -0.3 is 31.9 Å². The first-order chi connectivity index (χ1) is 13.1. The number of hydrogen-bond acceptors (Lipinski definition) is 5. The Kier molecular flexibility index (Phi) is 10.4. The summed E-state index contributed by atoms with van der Waals surface area (Å²) in [6.45, 7) is 7.36. The van der Waals surface area contributed by atoms with E-state index in [9.17, 15) is 4.79 Å². The first kappa shape index (κ1) is 23.8. The fourth-order valence-electron chi connectivity index (χ4n) is 2.83. The van der Waals surface area contributed by atoms with Gasteiger partial charge >= 0.3 is 5.97 Å². The third-order valence-corrected chi connectivity index (χ3v) is 4.24. The fourth-order valence-corrected chi connectivity index (χ4v) is 2.83. The number of methoxy groups -OCH3 is 1. The van der Waals surface area contributed by atoms with Gasteiger partial charge in [0.05, 0.1) is 26.7 Å². The molecule has 154 valence electrons. The fraction of sp³-hybridized carbons (Fsp3) is 0.409. The largest absolute Gasteiger partial charge is 1.00 e. The van der Waals surface area contributed by atoms with Crippen LogP contribution >= 0.6 is 0 Å². The first-order valence-corrected chi connectivity index (χ1v) is 9.32. The highest BCUT2D eigenvalue weighted by Gasteiger charge is 2.17. The Labute approximate surface area is 173 Å². The number of benzene rings is 2. The van der Waals surface area contributed by atoms with Gasteiger partial charge in [-0.25, -0.2) is 0 Å². The Morgan fingerprint density at radius 3 is 2.36 bits per heavy atom. The summed E-state index contributed by atoms with van der Waals surface area (Å²) < 4.78 is 16.1. The molecular weight excluding hydrogens is 378 g/mol. The highest BCUT2D eigenvalue weighted by atomic mass is 35.5. The molecule has 0 aromatic heterocycles. The van der Waals surface area contributed by atoms with E-state index < -0.39 is 0 Å². The van der Waals surface area contributed by atoms with Crippen LogP contribution in [0.4, 0.5) is 0 Å². The quantitative estimate of drug-likeness (QED) is 0.601. The number of hydrogen-bond donors (Lipinski definition) is 1. The van der Waals surface area contributed by atoms with Crippen LogP contribution in [0.5, 0.6) is 11.5 Å². The van der Waals surface area contributed by atoms with Crippen LogP contribution in [0.15, 0.2) is 42.5 Å². The second-order valence-electron chi connectivity index (χ2n) is 6.27. The number of nitrogens with one attached hydrogen (secondary N) is 1. The van der Waals surface area contributed by atoms with Gasteiger partial charge in [-0.3, -0.25) is 4.79 Å². The van der Waals surface area contributed by atoms with Gasteiger partial charge in [-0.15, -0.1) is 0 Å². The van der Waals surface area contributed by atoms with Crippen LogP contribution in [-0.2, 0) is 16.1 Å². The lowest BCUT2D eigenvalue weighted by Gasteiger charge is -2.19. The number of rotatable bonds is 10. The molecule has 0 amide bonds. The maximum atomic E-state index is 12.0. The Balaban J connectivity index is 0.00000392. The summed E-state index contributed by atoms with van der Waals surface area (Å²) >= 11 is 0. The molecule has 2 rings (SSSR count). The van der Waals surface area contributed by atoms with Crippen LogP contribution in [0.25, 0.3) is 0 Å².